The van der Waals surface area contributed by atoms with Crippen molar-refractivity contribution in [3.63, 3.8) is 0 Å². The first-order valence-corrected chi connectivity index (χ1v) is 11.0. The number of methoxy groups -OCH3 is 1. The SMILES string of the molecule is COCCn1c(CCCCCNC(=O)COc2cc(C)ccc2C)nc2ccccc21. The first-order chi connectivity index (χ1) is 15.1. The third-order valence-corrected chi connectivity index (χ3v) is 5.35. The van der Waals surface area contributed by atoms with Crippen molar-refractivity contribution in [2.24, 2.45) is 0 Å². The van der Waals surface area contributed by atoms with Crippen molar-refractivity contribution < 1.29 is 14.3 Å². The second-order valence-electron chi connectivity index (χ2n) is 7.88. The van der Waals surface area contributed by atoms with E-state index >= 15 is 0 Å². The molecule has 6 nitrogen and oxygen atoms in total. The lowest BCUT2D eigenvalue weighted by Crippen LogP contribution is -2.29. The van der Waals surface area contributed by atoms with Gasteiger partial charge in [-0.3, -0.25) is 4.79 Å². The number of carbonyl (C=O) groups excluding carboxylic acids is 1. The summed E-state index contributed by atoms with van der Waals surface area (Å²) >= 11 is 0. The van der Waals surface area contributed by atoms with E-state index in [1.807, 2.05) is 44.2 Å². The number of aromatic nitrogens is 2. The normalized spacial score (nSPS) is 11.1. The number of rotatable bonds is 12. The summed E-state index contributed by atoms with van der Waals surface area (Å²) in [4.78, 5) is 16.8. The lowest BCUT2D eigenvalue weighted by molar-refractivity contribution is -0.123. The second-order valence-corrected chi connectivity index (χ2v) is 7.88. The minimum atomic E-state index is -0.0812. The second kappa shape index (κ2) is 11.5. The van der Waals surface area contributed by atoms with Crippen LogP contribution >= 0.6 is 0 Å². The summed E-state index contributed by atoms with van der Waals surface area (Å²) < 4.78 is 13.2. The molecule has 0 saturated carbocycles. The van der Waals surface area contributed by atoms with Crippen LogP contribution in [0, 0.1) is 13.8 Å². The number of hydrogen-bond donors (Lipinski definition) is 1. The molecule has 2 aromatic carbocycles. The average molecular weight is 424 g/mol. The number of imidazole rings is 1. The molecule has 3 rings (SSSR count). The molecule has 31 heavy (non-hydrogen) atoms. The van der Waals surface area contributed by atoms with Crippen LogP contribution in [0.15, 0.2) is 42.5 Å². The number of nitrogens with zero attached hydrogens (tertiary/aromatic N) is 2. The molecule has 6 heteroatoms. The Morgan fingerprint density at radius 2 is 1.94 bits per heavy atom. The molecule has 0 spiro atoms. The summed E-state index contributed by atoms with van der Waals surface area (Å²) in [5, 5.41) is 2.95. The van der Waals surface area contributed by atoms with Gasteiger partial charge in [-0.25, -0.2) is 4.98 Å². The Balaban J connectivity index is 1.37. The van der Waals surface area contributed by atoms with E-state index in [-0.39, 0.29) is 12.5 Å². The molecule has 0 bridgehead atoms. The zero-order valence-corrected chi connectivity index (χ0v) is 18.8. The van der Waals surface area contributed by atoms with Crippen LogP contribution in [0.1, 0.15) is 36.2 Å². The Morgan fingerprint density at radius 1 is 1.10 bits per heavy atom. The molecule has 1 N–H and O–H groups in total. The Hall–Kier alpha value is -2.86. The lowest BCUT2D eigenvalue weighted by Gasteiger charge is -2.10. The molecule has 0 aliphatic heterocycles. The monoisotopic (exact) mass is 423 g/mol. The summed E-state index contributed by atoms with van der Waals surface area (Å²) in [5.74, 6) is 1.79. The van der Waals surface area contributed by atoms with Gasteiger partial charge in [-0.15, -0.1) is 0 Å². The zero-order chi connectivity index (χ0) is 22.1. The fraction of sp³-hybridized carbons (Fsp3) is 0.440. The Morgan fingerprint density at radius 3 is 2.77 bits per heavy atom. The number of aryl methyl sites for hydroxylation is 3. The minimum Gasteiger partial charge on any atom is -0.483 e. The molecule has 0 radical (unpaired) electrons. The third kappa shape index (κ3) is 6.56. The van der Waals surface area contributed by atoms with Gasteiger partial charge >= 0.3 is 0 Å². The highest BCUT2D eigenvalue weighted by molar-refractivity contribution is 5.77. The van der Waals surface area contributed by atoms with E-state index in [0.29, 0.717) is 13.2 Å². The predicted octanol–water partition coefficient (Wildman–Crippen LogP) is 4.21. The van der Waals surface area contributed by atoms with Crippen LogP contribution in [0.2, 0.25) is 0 Å². The van der Waals surface area contributed by atoms with Crippen molar-refractivity contribution in [2.75, 3.05) is 26.9 Å². The third-order valence-electron chi connectivity index (χ3n) is 5.35. The van der Waals surface area contributed by atoms with Crippen molar-refractivity contribution in [3.8, 4) is 5.75 Å². The molecule has 1 aromatic heterocycles. The quantitative estimate of drug-likeness (QED) is 0.443. The van der Waals surface area contributed by atoms with E-state index in [0.717, 1.165) is 66.0 Å². The van der Waals surface area contributed by atoms with Crippen molar-refractivity contribution >= 4 is 16.9 Å². The topological polar surface area (TPSA) is 65.4 Å². The molecule has 0 atom stereocenters. The number of hydrogen-bond acceptors (Lipinski definition) is 4. The van der Waals surface area contributed by atoms with Gasteiger partial charge in [0, 0.05) is 26.6 Å². The van der Waals surface area contributed by atoms with E-state index in [4.69, 9.17) is 14.5 Å². The largest absolute Gasteiger partial charge is 0.483 e. The average Bonchev–Trinajstić information content (AvgIpc) is 3.12. The van der Waals surface area contributed by atoms with Gasteiger partial charge in [0.05, 0.1) is 17.6 Å². The van der Waals surface area contributed by atoms with Crippen molar-refractivity contribution in [1.29, 1.82) is 0 Å². The lowest BCUT2D eigenvalue weighted by atomic mass is 10.1. The molecular formula is C25H33N3O3. The predicted molar refractivity (Wildman–Crippen MR) is 124 cm³/mol. The number of nitrogens with one attached hydrogen (secondary N) is 1. The molecule has 166 valence electrons. The highest BCUT2D eigenvalue weighted by atomic mass is 16.5. The molecular weight excluding hydrogens is 390 g/mol. The minimum absolute atomic E-state index is 0.0494. The van der Waals surface area contributed by atoms with E-state index in [2.05, 4.69) is 22.0 Å². The van der Waals surface area contributed by atoms with Crippen LogP contribution < -0.4 is 10.1 Å². The number of para-hydroxylation sites is 2. The number of ether oxygens (including phenoxy) is 2. The summed E-state index contributed by atoms with van der Waals surface area (Å²) in [5.41, 5.74) is 4.35. The van der Waals surface area contributed by atoms with Crippen LogP contribution in [-0.2, 0) is 22.5 Å². The van der Waals surface area contributed by atoms with Gasteiger partial charge in [-0.05, 0) is 56.0 Å². The standard InChI is InChI=1S/C25H33N3O3/c1-19-12-13-20(2)23(17-19)31-18-25(29)26-14-8-4-5-11-24-27-21-9-6-7-10-22(21)28(24)15-16-30-3/h6-7,9-10,12-13,17H,4-5,8,11,14-16,18H2,1-3H3,(H,26,29). The molecule has 0 saturated heterocycles. The fourth-order valence-corrected chi connectivity index (χ4v) is 3.62. The molecule has 0 aliphatic carbocycles. The van der Waals surface area contributed by atoms with Crippen LogP contribution in [-0.4, -0.2) is 42.3 Å². The first kappa shape index (κ1) is 22.8. The van der Waals surface area contributed by atoms with E-state index in [9.17, 15) is 4.79 Å². The molecule has 0 fully saturated rings. The number of benzene rings is 2. The Kier molecular flexibility index (Phi) is 8.47. The fourth-order valence-electron chi connectivity index (χ4n) is 3.62. The van der Waals surface area contributed by atoms with Gasteiger partial charge in [0.1, 0.15) is 11.6 Å². The smallest absolute Gasteiger partial charge is 0.257 e. The van der Waals surface area contributed by atoms with Gasteiger partial charge in [0.25, 0.3) is 5.91 Å². The Bertz CT molecular complexity index is 997. The maximum absolute atomic E-state index is 12.0. The molecule has 1 heterocycles. The van der Waals surface area contributed by atoms with Crippen molar-refractivity contribution in [2.45, 2.75) is 46.1 Å². The first-order valence-electron chi connectivity index (χ1n) is 11.0. The summed E-state index contributed by atoms with van der Waals surface area (Å²) in [7, 11) is 1.72. The van der Waals surface area contributed by atoms with Crippen LogP contribution in [0.5, 0.6) is 5.75 Å². The molecule has 1 amide bonds. The summed E-state index contributed by atoms with van der Waals surface area (Å²) in [6, 6.07) is 14.2. The van der Waals surface area contributed by atoms with Crippen molar-refractivity contribution in [1.82, 2.24) is 14.9 Å². The van der Waals surface area contributed by atoms with Crippen molar-refractivity contribution in [3.05, 3.63) is 59.4 Å². The van der Waals surface area contributed by atoms with E-state index < -0.39 is 0 Å². The van der Waals surface area contributed by atoms with Gasteiger partial charge < -0.3 is 19.4 Å². The molecule has 0 aliphatic rings. The highest BCUT2D eigenvalue weighted by Crippen LogP contribution is 2.19. The van der Waals surface area contributed by atoms with Gasteiger partial charge in [0.2, 0.25) is 0 Å². The number of carbonyl (C=O) groups is 1. The maximum atomic E-state index is 12.0. The van der Waals surface area contributed by atoms with Gasteiger partial charge in [-0.1, -0.05) is 30.7 Å². The van der Waals surface area contributed by atoms with Gasteiger partial charge in [-0.2, -0.15) is 0 Å². The van der Waals surface area contributed by atoms with Gasteiger partial charge in [0.15, 0.2) is 6.61 Å². The number of fused-ring (bicyclic) bond motifs is 1. The number of unbranched alkanes of at least 4 members (excludes halogenated alkanes) is 2. The summed E-state index contributed by atoms with van der Waals surface area (Å²) in [6.07, 6.45) is 3.92. The highest BCUT2D eigenvalue weighted by Gasteiger charge is 2.10. The van der Waals surface area contributed by atoms with E-state index in [1.165, 1.54) is 0 Å². The molecule has 0 unspecified atom stereocenters. The maximum Gasteiger partial charge on any atom is 0.257 e. The van der Waals surface area contributed by atoms with Crippen LogP contribution in [0.25, 0.3) is 11.0 Å². The Labute approximate surface area is 184 Å². The van der Waals surface area contributed by atoms with Crippen LogP contribution in [0.3, 0.4) is 0 Å². The zero-order valence-electron chi connectivity index (χ0n) is 18.8. The van der Waals surface area contributed by atoms with E-state index in [1.54, 1.807) is 7.11 Å². The number of amides is 1. The molecule has 3 aromatic rings. The summed E-state index contributed by atoms with van der Waals surface area (Å²) in [6.45, 7) is 6.19. The van der Waals surface area contributed by atoms with Crippen LogP contribution in [0.4, 0.5) is 0 Å².